The molecule has 0 bridgehead atoms. The second-order valence-electron chi connectivity index (χ2n) is 4.76. The van der Waals surface area contributed by atoms with Crippen LogP contribution in [0.1, 0.15) is 25.8 Å². The summed E-state index contributed by atoms with van der Waals surface area (Å²) >= 11 is -0.115. The number of H-pyrrole nitrogens is 1. The second kappa shape index (κ2) is 8.13. The number of nitrogens with zero attached hydrogens (tertiary/aromatic N) is 1. The molecule has 1 N–H and O–H groups in total. The van der Waals surface area contributed by atoms with Crippen molar-refractivity contribution in [2.45, 2.75) is 33.4 Å². The van der Waals surface area contributed by atoms with Gasteiger partial charge in [0.1, 0.15) is 0 Å². The quantitative estimate of drug-likeness (QED) is 0.708. The van der Waals surface area contributed by atoms with Gasteiger partial charge in [0.2, 0.25) is 0 Å². The third kappa shape index (κ3) is 3.97. The number of aromatic nitrogens is 2. The van der Waals surface area contributed by atoms with Crippen LogP contribution in [0.4, 0.5) is 0 Å². The summed E-state index contributed by atoms with van der Waals surface area (Å²) in [6.45, 7) is 4.60. The fraction of sp³-hybridized carbons (Fsp3) is 0.375. The molecule has 6 heteroatoms. The van der Waals surface area contributed by atoms with E-state index in [2.05, 4.69) is 4.98 Å². The molecule has 0 aliphatic carbocycles. The van der Waals surface area contributed by atoms with Gasteiger partial charge in [0.05, 0.1) is 0 Å². The van der Waals surface area contributed by atoms with Gasteiger partial charge in [-0.2, -0.15) is 0 Å². The zero-order valence-corrected chi connectivity index (χ0v) is 14.5. The molecule has 0 aliphatic heterocycles. The maximum absolute atomic E-state index is 12.2. The fourth-order valence-electron chi connectivity index (χ4n) is 2.08. The number of aromatic amines is 1. The Morgan fingerprint density at radius 2 is 1.91 bits per heavy atom. The Morgan fingerprint density at radius 1 is 1.18 bits per heavy atom. The molecule has 0 atom stereocenters. The fourth-order valence-corrected chi connectivity index (χ4v) is 4.35. The van der Waals surface area contributed by atoms with E-state index in [0.717, 1.165) is 15.5 Å². The Morgan fingerprint density at radius 3 is 2.55 bits per heavy atom. The van der Waals surface area contributed by atoms with E-state index in [0.29, 0.717) is 18.6 Å². The molecular weight excluding hydrogens is 347 g/mol. The minimum atomic E-state index is -0.397. The molecule has 0 fully saturated rings. The van der Waals surface area contributed by atoms with Gasteiger partial charge in [-0.1, -0.05) is 0 Å². The van der Waals surface area contributed by atoms with Crippen LogP contribution in [-0.2, 0) is 17.9 Å². The molecule has 22 heavy (non-hydrogen) atoms. The molecule has 0 aliphatic rings. The van der Waals surface area contributed by atoms with Gasteiger partial charge in [0.25, 0.3) is 0 Å². The van der Waals surface area contributed by atoms with Crippen LogP contribution in [0.3, 0.4) is 0 Å². The summed E-state index contributed by atoms with van der Waals surface area (Å²) in [5.41, 5.74) is 0.0316. The molecule has 0 saturated carbocycles. The van der Waals surface area contributed by atoms with Crippen LogP contribution in [0.25, 0.3) is 0 Å². The van der Waals surface area contributed by atoms with E-state index in [1.807, 2.05) is 44.2 Å². The predicted octanol–water partition coefficient (Wildman–Crippen LogP) is 0.138. The van der Waals surface area contributed by atoms with Crippen molar-refractivity contribution >= 4 is 24.0 Å². The van der Waals surface area contributed by atoms with Crippen molar-refractivity contribution in [2.24, 2.45) is 0 Å². The zero-order valence-electron chi connectivity index (χ0n) is 12.8. The molecule has 118 valence electrons. The van der Waals surface area contributed by atoms with Crippen LogP contribution in [0, 0.1) is 0 Å². The minimum absolute atomic E-state index is 0.115. The van der Waals surface area contributed by atoms with E-state index in [1.165, 1.54) is 0 Å². The van der Waals surface area contributed by atoms with Crippen molar-refractivity contribution in [1.82, 2.24) is 9.55 Å². The third-order valence-corrected chi connectivity index (χ3v) is 5.58. The molecule has 0 amide bonds. The molecule has 1 heterocycles. The summed E-state index contributed by atoms with van der Waals surface area (Å²) in [4.78, 5) is 26.7. The number of hydrogen-bond donors (Lipinski definition) is 1. The molecule has 0 saturated heterocycles. The van der Waals surface area contributed by atoms with E-state index < -0.39 is 5.69 Å². The Bertz CT molecular complexity index is 722. The molecule has 0 radical (unpaired) electrons. The van der Waals surface area contributed by atoms with Crippen molar-refractivity contribution in [1.29, 1.82) is 0 Å². The number of benzene rings is 1. The Kier molecular flexibility index (Phi) is 6.19. The molecule has 5 nitrogen and oxygen atoms in total. The number of hydrogen-bond acceptors (Lipinski definition) is 3. The number of rotatable bonds is 7. The summed E-state index contributed by atoms with van der Waals surface area (Å²) < 4.78 is 8.90. The van der Waals surface area contributed by atoms with E-state index in [-0.39, 0.29) is 27.2 Å². The second-order valence-corrected chi connectivity index (χ2v) is 6.99. The number of ether oxygens (including phenoxy) is 1. The van der Waals surface area contributed by atoms with Gasteiger partial charge in [-0.15, -0.1) is 0 Å². The first kappa shape index (κ1) is 16.7. The summed E-state index contributed by atoms with van der Waals surface area (Å²) in [6, 6.07) is 9.93. The van der Waals surface area contributed by atoms with Gasteiger partial charge in [-0.3, -0.25) is 0 Å². The third-order valence-electron chi connectivity index (χ3n) is 3.13. The average Bonchev–Trinajstić information content (AvgIpc) is 2.51. The first-order valence-corrected chi connectivity index (χ1v) is 9.05. The summed E-state index contributed by atoms with van der Waals surface area (Å²) in [5.74, 6) is 0. The molecular formula is C16H20N2O3Se. The molecule has 0 unspecified atom stereocenters. The van der Waals surface area contributed by atoms with E-state index in [4.69, 9.17) is 4.74 Å². The monoisotopic (exact) mass is 368 g/mol. The first-order valence-electron chi connectivity index (χ1n) is 7.34. The summed E-state index contributed by atoms with van der Waals surface area (Å²) in [7, 11) is 0. The number of nitrogens with one attached hydrogen (secondary N) is 1. The van der Waals surface area contributed by atoms with Crippen molar-refractivity contribution < 1.29 is 4.74 Å². The van der Waals surface area contributed by atoms with Crippen LogP contribution < -0.4 is 20.3 Å². The summed E-state index contributed by atoms with van der Waals surface area (Å²) in [6.07, 6.45) is 1.51. The Labute approximate surface area is 135 Å². The molecule has 1 aromatic heterocycles. The van der Waals surface area contributed by atoms with Crippen molar-refractivity contribution in [2.75, 3.05) is 6.61 Å². The van der Waals surface area contributed by atoms with Crippen LogP contribution in [0.15, 0.2) is 39.9 Å². The van der Waals surface area contributed by atoms with Crippen molar-refractivity contribution in [3.63, 3.8) is 0 Å². The maximum atomic E-state index is 12.2. The molecule has 0 spiro atoms. The molecule has 2 rings (SSSR count). The Hall–Kier alpha value is -1.62. The van der Waals surface area contributed by atoms with Gasteiger partial charge < -0.3 is 0 Å². The summed E-state index contributed by atoms with van der Waals surface area (Å²) in [5, 5.41) is 0. The van der Waals surface area contributed by atoms with Gasteiger partial charge in [0.15, 0.2) is 0 Å². The first-order chi connectivity index (χ1) is 10.7. The topological polar surface area (TPSA) is 64.1 Å². The van der Waals surface area contributed by atoms with Gasteiger partial charge in [-0.25, -0.2) is 0 Å². The van der Waals surface area contributed by atoms with Gasteiger partial charge >= 0.3 is 135 Å². The van der Waals surface area contributed by atoms with Crippen LogP contribution >= 0.6 is 0 Å². The zero-order chi connectivity index (χ0) is 15.9. The predicted molar refractivity (Wildman–Crippen MR) is 88.4 cm³/mol. The average molecular weight is 367 g/mol. The Balaban J connectivity index is 2.54. The van der Waals surface area contributed by atoms with E-state index >= 15 is 0 Å². The standard InChI is InChI=1S/C16H20N2O3Se/c1-3-8-13-14(19)17-16(20)18(11-21-4-2)15(13)22-12-9-6-5-7-10-12/h5-7,9-10H,3-4,8,11H2,1-2H3,(H,17,19,20). The van der Waals surface area contributed by atoms with Crippen LogP contribution in [-0.4, -0.2) is 31.1 Å². The normalized spacial score (nSPS) is 10.8. The van der Waals surface area contributed by atoms with Gasteiger partial charge in [0, 0.05) is 0 Å². The molecule has 2 aromatic rings. The van der Waals surface area contributed by atoms with E-state index in [9.17, 15) is 9.59 Å². The van der Waals surface area contributed by atoms with Crippen molar-refractivity contribution in [3.05, 3.63) is 56.7 Å². The van der Waals surface area contributed by atoms with Crippen LogP contribution in [0.2, 0.25) is 0 Å². The molecule has 1 aromatic carbocycles. The van der Waals surface area contributed by atoms with Gasteiger partial charge in [-0.05, 0) is 0 Å². The van der Waals surface area contributed by atoms with Crippen molar-refractivity contribution in [3.8, 4) is 0 Å². The van der Waals surface area contributed by atoms with E-state index in [1.54, 1.807) is 4.57 Å². The van der Waals surface area contributed by atoms with Crippen LogP contribution in [0.5, 0.6) is 0 Å². The SMILES string of the molecule is CCCc1c([Se]c2ccccc2)n(COCC)c(=O)[nH]c1=O.